The van der Waals surface area contributed by atoms with Crippen LogP contribution < -0.4 is 4.74 Å². The highest BCUT2D eigenvalue weighted by Gasteiger charge is 2.36. The van der Waals surface area contributed by atoms with Crippen molar-refractivity contribution in [3.8, 4) is 11.5 Å². The van der Waals surface area contributed by atoms with Crippen molar-refractivity contribution in [1.29, 1.82) is 0 Å². The molecule has 0 amide bonds. The Labute approximate surface area is 147 Å². The number of allylic oxidation sites excluding steroid dienone is 3. The maximum atomic E-state index is 9.65. The van der Waals surface area contributed by atoms with Gasteiger partial charge in [-0.3, -0.25) is 0 Å². The van der Waals surface area contributed by atoms with E-state index in [0.717, 1.165) is 22.5 Å². The van der Waals surface area contributed by atoms with Crippen molar-refractivity contribution < 1.29 is 19.3 Å². The van der Waals surface area contributed by atoms with Crippen LogP contribution in [0.5, 0.6) is 11.5 Å². The number of phenolic OH excluding ortho intramolecular Hbond substituents is 1. The smallest absolute Gasteiger partial charge is 0.130 e. The predicted molar refractivity (Wildman–Crippen MR) is 96.3 cm³/mol. The SMILES string of the molecule is COc1cc(O)ccc1C1=CC2=C(OC1)C1C=CC(C)(C)OC1C=C2. The number of benzene rings is 1. The first kappa shape index (κ1) is 16.0. The van der Waals surface area contributed by atoms with Gasteiger partial charge in [-0.15, -0.1) is 0 Å². The van der Waals surface area contributed by atoms with Crippen molar-refractivity contribution in [3.63, 3.8) is 0 Å². The molecule has 1 N–H and O–H groups in total. The Morgan fingerprint density at radius 1 is 1.24 bits per heavy atom. The Bertz CT molecular complexity index is 826. The molecule has 130 valence electrons. The molecule has 0 saturated heterocycles. The van der Waals surface area contributed by atoms with Gasteiger partial charge in [0.25, 0.3) is 0 Å². The minimum atomic E-state index is -0.251. The summed E-state index contributed by atoms with van der Waals surface area (Å²) in [4.78, 5) is 0. The van der Waals surface area contributed by atoms with E-state index in [4.69, 9.17) is 14.2 Å². The van der Waals surface area contributed by atoms with Crippen molar-refractivity contribution in [1.82, 2.24) is 0 Å². The Morgan fingerprint density at radius 2 is 2.08 bits per heavy atom. The Hall–Kier alpha value is -2.46. The minimum Gasteiger partial charge on any atom is -0.508 e. The van der Waals surface area contributed by atoms with Crippen LogP contribution >= 0.6 is 0 Å². The molecule has 1 aliphatic carbocycles. The molecule has 0 spiro atoms. The number of hydrogen-bond donors (Lipinski definition) is 1. The van der Waals surface area contributed by atoms with Gasteiger partial charge in [0.15, 0.2) is 0 Å². The van der Waals surface area contributed by atoms with E-state index in [9.17, 15) is 5.11 Å². The fraction of sp³-hybridized carbons (Fsp3) is 0.333. The summed E-state index contributed by atoms with van der Waals surface area (Å²) in [5, 5.41) is 9.65. The van der Waals surface area contributed by atoms with E-state index in [1.54, 1.807) is 19.2 Å². The lowest BCUT2D eigenvalue weighted by molar-refractivity contribution is -0.0500. The third-order valence-corrected chi connectivity index (χ3v) is 4.80. The number of hydrogen-bond acceptors (Lipinski definition) is 4. The van der Waals surface area contributed by atoms with Gasteiger partial charge in [0.2, 0.25) is 0 Å². The molecule has 3 aliphatic rings. The number of aromatic hydroxyl groups is 1. The van der Waals surface area contributed by atoms with Crippen molar-refractivity contribution in [2.24, 2.45) is 5.92 Å². The quantitative estimate of drug-likeness (QED) is 0.829. The lowest BCUT2D eigenvalue weighted by Gasteiger charge is -2.39. The molecule has 4 nitrogen and oxygen atoms in total. The zero-order chi connectivity index (χ0) is 17.6. The fourth-order valence-electron chi connectivity index (χ4n) is 3.56. The normalized spacial score (nSPS) is 26.4. The summed E-state index contributed by atoms with van der Waals surface area (Å²) >= 11 is 0. The molecule has 4 rings (SSSR count). The topological polar surface area (TPSA) is 47.9 Å². The van der Waals surface area contributed by atoms with Crippen LogP contribution in [-0.4, -0.2) is 30.5 Å². The Kier molecular flexibility index (Phi) is 3.73. The Balaban J connectivity index is 1.70. The van der Waals surface area contributed by atoms with Gasteiger partial charge in [0.1, 0.15) is 23.9 Å². The van der Waals surface area contributed by atoms with E-state index in [1.807, 2.05) is 6.07 Å². The number of fused-ring (bicyclic) bond motifs is 2. The monoisotopic (exact) mass is 338 g/mol. The molecule has 4 heteroatoms. The summed E-state index contributed by atoms with van der Waals surface area (Å²) in [6.45, 7) is 4.59. The molecular weight excluding hydrogens is 316 g/mol. The van der Waals surface area contributed by atoms with Gasteiger partial charge < -0.3 is 19.3 Å². The molecule has 1 aromatic rings. The van der Waals surface area contributed by atoms with E-state index in [0.29, 0.717) is 12.4 Å². The van der Waals surface area contributed by atoms with E-state index in [2.05, 4.69) is 44.2 Å². The second-order valence-corrected chi connectivity index (χ2v) is 7.09. The highest BCUT2D eigenvalue weighted by molar-refractivity contribution is 5.76. The van der Waals surface area contributed by atoms with Gasteiger partial charge in [-0.05, 0) is 32.1 Å². The van der Waals surface area contributed by atoms with E-state index in [1.165, 1.54) is 0 Å². The van der Waals surface area contributed by atoms with Gasteiger partial charge in [-0.1, -0.05) is 24.3 Å². The molecule has 2 heterocycles. The lowest BCUT2D eigenvalue weighted by Crippen LogP contribution is -2.39. The third kappa shape index (κ3) is 2.87. The Morgan fingerprint density at radius 3 is 2.88 bits per heavy atom. The fourth-order valence-corrected chi connectivity index (χ4v) is 3.56. The zero-order valence-corrected chi connectivity index (χ0v) is 14.7. The molecule has 1 aromatic carbocycles. The van der Waals surface area contributed by atoms with Gasteiger partial charge in [-0.25, -0.2) is 0 Å². The van der Waals surface area contributed by atoms with Crippen LogP contribution in [0.4, 0.5) is 0 Å². The highest BCUT2D eigenvalue weighted by Crippen LogP contribution is 2.41. The molecule has 0 radical (unpaired) electrons. The van der Waals surface area contributed by atoms with E-state index < -0.39 is 0 Å². The third-order valence-electron chi connectivity index (χ3n) is 4.80. The molecule has 2 atom stereocenters. The maximum absolute atomic E-state index is 9.65. The van der Waals surface area contributed by atoms with Crippen molar-refractivity contribution >= 4 is 5.57 Å². The standard InChI is InChI=1S/C21H22O4/c1-21(2)9-8-17-18(25-21)7-4-13-10-14(12-24-20(13)17)16-6-5-15(22)11-19(16)23-3/h4-11,17-18,22H,12H2,1-3H3. The largest absolute Gasteiger partial charge is 0.508 e. The molecular formula is C21H22O4. The summed E-state index contributed by atoms with van der Waals surface area (Å²) < 4.78 is 17.7. The molecule has 2 aliphatic heterocycles. The van der Waals surface area contributed by atoms with Crippen LogP contribution in [0.3, 0.4) is 0 Å². The minimum absolute atomic E-state index is 0.0110. The summed E-state index contributed by atoms with van der Waals surface area (Å²) in [6, 6.07) is 5.14. The summed E-state index contributed by atoms with van der Waals surface area (Å²) in [7, 11) is 1.60. The first-order valence-corrected chi connectivity index (χ1v) is 8.47. The van der Waals surface area contributed by atoms with Crippen LogP contribution in [0.25, 0.3) is 5.57 Å². The summed E-state index contributed by atoms with van der Waals surface area (Å²) in [5.41, 5.74) is 2.77. The summed E-state index contributed by atoms with van der Waals surface area (Å²) in [6.07, 6.45) is 10.6. The van der Waals surface area contributed by atoms with Crippen LogP contribution in [0.2, 0.25) is 0 Å². The first-order chi connectivity index (χ1) is 12.0. The van der Waals surface area contributed by atoms with Gasteiger partial charge >= 0.3 is 0 Å². The van der Waals surface area contributed by atoms with Crippen LogP contribution in [0, 0.1) is 5.92 Å². The van der Waals surface area contributed by atoms with E-state index in [-0.39, 0.29) is 23.4 Å². The van der Waals surface area contributed by atoms with Gasteiger partial charge in [0, 0.05) is 22.8 Å². The zero-order valence-electron chi connectivity index (χ0n) is 14.7. The number of phenols is 1. The molecule has 0 bridgehead atoms. The van der Waals surface area contributed by atoms with Crippen molar-refractivity contribution in [2.45, 2.75) is 25.6 Å². The van der Waals surface area contributed by atoms with Crippen LogP contribution in [-0.2, 0) is 9.47 Å². The molecule has 2 unspecified atom stereocenters. The second-order valence-electron chi connectivity index (χ2n) is 7.09. The van der Waals surface area contributed by atoms with Crippen molar-refractivity contribution in [2.75, 3.05) is 13.7 Å². The number of methoxy groups -OCH3 is 1. The van der Waals surface area contributed by atoms with E-state index >= 15 is 0 Å². The molecule has 0 fully saturated rings. The molecule has 25 heavy (non-hydrogen) atoms. The average molecular weight is 338 g/mol. The second kappa shape index (κ2) is 5.81. The van der Waals surface area contributed by atoms with Crippen molar-refractivity contribution in [3.05, 3.63) is 65.5 Å². The molecule has 0 saturated carbocycles. The van der Waals surface area contributed by atoms with Crippen LogP contribution in [0.15, 0.2) is 59.9 Å². The lowest BCUT2D eigenvalue weighted by atomic mass is 9.84. The number of ether oxygens (including phenoxy) is 3. The number of rotatable bonds is 2. The van der Waals surface area contributed by atoms with Crippen LogP contribution in [0.1, 0.15) is 19.4 Å². The maximum Gasteiger partial charge on any atom is 0.130 e. The molecule has 0 aromatic heterocycles. The predicted octanol–water partition coefficient (Wildman–Crippen LogP) is 3.99. The highest BCUT2D eigenvalue weighted by atomic mass is 16.5. The summed E-state index contributed by atoms with van der Waals surface area (Å²) in [5.74, 6) is 1.90. The van der Waals surface area contributed by atoms with Gasteiger partial charge in [0.05, 0.1) is 24.7 Å². The average Bonchev–Trinajstić information content (AvgIpc) is 2.60. The first-order valence-electron chi connectivity index (χ1n) is 8.47. The van der Waals surface area contributed by atoms with Gasteiger partial charge in [-0.2, -0.15) is 0 Å².